The summed E-state index contributed by atoms with van der Waals surface area (Å²) in [4.78, 5) is 0. The second kappa shape index (κ2) is 6.86. The molecule has 1 nitrogen and oxygen atoms in total. The van der Waals surface area contributed by atoms with E-state index in [1.54, 1.807) is 0 Å². The molecule has 0 amide bonds. The Kier molecular flexibility index (Phi) is 4.84. The van der Waals surface area contributed by atoms with Gasteiger partial charge in [0.15, 0.2) is 8.32 Å². The van der Waals surface area contributed by atoms with Crippen LogP contribution in [0.15, 0.2) is 54.6 Å². The zero-order valence-electron chi connectivity index (χ0n) is 14.4. The molecular weight excluding hydrogens is 296 g/mol. The normalized spacial score (nSPS) is 12.1. The first-order valence-corrected chi connectivity index (χ1v) is 11.3. The lowest BCUT2D eigenvalue weighted by atomic mass is 9.97. The summed E-state index contributed by atoms with van der Waals surface area (Å²) in [5, 5.41) is 5.28. The highest BCUT2D eigenvalue weighted by atomic mass is 28.4. The summed E-state index contributed by atoms with van der Waals surface area (Å²) < 4.78 is 6.62. The van der Waals surface area contributed by atoms with Crippen molar-refractivity contribution in [2.24, 2.45) is 0 Å². The molecule has 23 heavy (non-hydrogen) atoms. The summed E-state index contributed by atoms with van der Waals surface area (Å²) in [7, 11) is -1.57. The fourth-order valence-corrected chi connectivity index (χ4v) is 6.11. The van der Waals surface area contributed by atoms with Gasteiger partial charge in [-0.2, -0.15) is 0 Å². The molecule has 0 fully saturated rings. The van der Waals surface area contributed by atoms with E-state index in [1.165, 1.54) is 45.2 Å². The standard InChI is InChI=1S/C21H26OSi/c1-4-23(5-2,6-3)22-16-21-19-13-9-7-11-17(19)15-18-12-8-10-14-20(18)21/h7-15H,4-6,16H2,1-3H3. The van der Waals surface area contributed by atoms with E-state index in [0.29, 0.717) is 0 Å². The molecule has 0 bridgehead atoms. The molecule has 0 aliphatic rings. The maximum Gasteiger partial charge on any atom is 0.192 e. The lowest BCUT2D eigenvalue weighted by Crippen LogP contribution is -2.35. The summed E-state index contributed by atoms with van der Waals surface area (Å²) in [6.07, 6.45) is 0. The van der Waals surface area contributed by atoms with Gasteiger partial charge in [-0.25, -0.2) is 0 Å². The van der Waals surface area contributed by atoms with E-state index in [4.69, 9.17) is 4.43 Å². The molecule has 120 valence electrons. The van der Waals surface area contributed by atoms with E-state index < -0.39 is 8.32 Å². The van der Waals surface area contributed by atoms with E-state index in [1.807, 2.05) is 0 Å². The van der Waals surface area contributed by atoms with Crippen LogP contribution in [-0.2, 0) is 11.0 Å². The number of hydrogen-bond donors (Lipinski definition) is 0. The molecule has 3 aromatic rings. The number of hydrogen-bond acceptors (Lipinski definition) is 1. The second-order valence-corrected chi connectivity index (χ2v) is 11.1. The molecule has 3 rings (SSSR count). The lowest BCUT2D eigenvalue weighted by molar-refractivity contribution is 0.290. The monoisotopic (exact) mass is 322 g/mol. The first-order valence-electron chi connectivity index (χ1n) is 8.76. The molecule has 0 aliphatic heterocycles. The van der Waals surface area contributed by atoms with E-state index in [9.17, 15) is 0 Å². The van der Waals surface area contributed by atoms with Crippen molar-refractivity contribution in [3.8, 4) is 0 Å². The van der Waals surface area contributed by atoms with Gasteiger partial charge < -0.3 is 4.43 Å². The Morgan fingerprint density at radius 1 is 0.739 bits per heavy atom. The Hall–Kier alpha value is -1.64. The minimum Gasteiger partial charge on any atom is -0.413 e. The van der Waals surface area contributed by atoms with Crippen molar-refractivity contribution in [3.05, 3.63) is 60.2 Å². The molecule has 2 heteroatoms. The van der Waals surface area contributed by atoms with Crippen LogP contribution in [0.1, 0.15) is 26.3 Å². The Bertz CT molecular complexity index is 743. The van der Waals surface area contributed by atoms with Crippen molar-refractivity contribution < 1.29 is 4.43 Å². The summed E-state index contributed by atoms with van der Waals surface area (Å²) in [5.74, 6) is 0. The maximum atomic E-state index is 6.62. The van der Waals surface area contributed by atoms with Crippen molar-refractivity contribution in [2.45, 2.75) is 45.5 Å². The topological polar surface area (TPSA) is 9.23 Å². The highest BCUT2D eigenvalue weighted by Crippen LogP contribution is 2.31. The molecule has 0 aromatic heterocycles. The Morgan fingerprint density at radius 3 is 1.70 bits per heavy atom. The Labute approximate surface area is 140 Å². The smallest absolute Gasteiger partial charge is 0.192 e. The minimum absolute atomic E-state index is 0.740. The highest BCUT2D eigenvalue weighted by Gasteiger charge is 2.29. The molecule has 0 saturated heterocycles. The van der Waals surface area contributed by atoms with Gasteiger partial charge in [0.05, 0.1) is 6.61 Å². The van der Waals surface area contributed by atoms with Crippen molar-refractivity contribution in [3.63, 3.8) is 0 Å². The first-order chi connectivity index (χ1) is 11.2. The van der Waals surface area contributed by atoms with Gasteiger partial charge in [0.2, 0.25) is 0 Å². The third-order valence-corrected chi connectivity index (χ3v) is 9.96. The summed E-state index contributed by atoms with van der Waals surface area (Å²) in [5.41, 5.74) is 1.35. The van der Waals surface area contributed by atoms with E-state index >= 15 is 0 Å². The van der Waals surface area contributed by atoms with Crippen molar-refractivity contribution in [1.82, 2.24) is 0 Å². The van der Waals surface area contributed by atoms with Crippen LogP contribution < -0.4 is 0 Å². The van der Waals surface area contributed by atoms with Crippen LogP contribution in [0.5, 0.6) is 0 Å². The van der Waals surface area contributed by atoms with Crippen LogP contribution in [0.4, 0.5) is 0 Å². The van der Waals surface area contributed by atoms with Gasteiger partial charge in [0.25, 0.3) is 0 Å². The molecule has 0 spiro atoms. The molecule has 0 radical (unpaired) electrons. The maximum absolute atomic E-state index is 6.62. The average molecular weight is 323 g/mol. The molecule has 0 aliphatic carbocycles. The SMILES string of the molecule is CC[Si](CC)(CC)OCc1c2ccccc2cc2ccccc12. The van der Waals surface area contributed by atoms with Gasteiger partial charge in [-0.3, -0.25) is 0 Å². The summed E-state index contributed by atoms with van der Waals surface area (Å²) in [6, 6.07) is 23.2. The van der Waals surface area contributed by atoms with Gasteiger partial charge in [-0.15, -0.1) is 0 Å². The fraction of sp³-hybridized carbons (Fsp3) is 0.333. The third-order valence-electron chi connectivity index (χ3n) is 5.34. The van der Waals surface area contributed by atoms with E-state index in [-0.39, 0.29) is 0 Å². The summed E-state index contributed by atoms with van der Waals surface area (Å²) in [6.45, 7) is 7.62. The molecule has 0 heterocycles. The van der Waals surface area contributed by atoms with E-state index in [0.717, 1.165) is 6.61 Å². The van der Waals surface area contributed by atoms with Gasteiger partial charge >= 0.3 is 0 Å². The van der Waals surface area contributed by atoms with Crippen molar-refractivity contribution in [1.29, 1.82) is 0 Å². The van der Waals surface area contributed by atoms with Crippen LogP contribution in [0.3, 0.4) is 0 Å². The molecule has 0 N–H and O–H groups in total. The van der Waals surface area contributed by atoms with Gasteiger partial charge in [-0.1, -0.05) is 69.3 Å². The highest BCUT2D eigenvalue weighted by molar-refractivity contribution is 6.73. The van der Waals surface area contributed by atoms with Crippen molar-refractivity contribution in [2.75, 3.05) is 0 Å². The zero-order chi connectivity index (χ0) is 16.3. The van der Waals surface area contributed by atoms with Crippen molar-refractivity contribution >= 4 is 29.9 Å². The predicted molar refractivity (Wildman–Crippen MR) is 103 cm³/mol. The molecule has 0 unspecified atom stereocenters. The quantitative estimate of drug-likeness (QED) is 0.371. The predicted octanol–water partition coefficient (Wildman–Crippen LogP) is 6.51. The number of benzene rings is 3. The second-order valence-electron chi connectivity index (χ2n) is 6.33. The fourth-order valence-electron chi connectivity index (χ4n) is 3.54. The first kappa shape index (κ1) is 16.2. The molecule has 0 saturated carbocycles. The van der Waals surface area contributed by atoms with Crippen LogP contribution in [-0.4, -0.2) is 8.32 Å². The van der Waals surface area contributed by atoms with Gasteiger partial charge in [-0.05, 0) is 51.3 Å². The third kappa shape index (κ3) is 3.06. The van der Waals surface area contributed by atoms with Crippen LogP contribution in [0.2, 0.25) is 18.1 Å². The van der Waals surface area contributed by atoms with Gasteiger partial charge in [0, 0.05) is 0 Å². The molecule has 3 aromatic carbocycles. The minimum atomic E-state index is -1.57. The summed E-state index contributed by atoms with van der Waals surface area (Å²) >= 11 is 0. The zero-order valence-corrected chi connectivity index (χ0v) is 15.4. The van der Waals surface area contributed by atoms with Crippen LogP contribution in [0.25, 0.3) is 21.5 Å². The molecule has 0 atom stereocenters. The number of rotatable bonds is 6. The molecular formula is C21H26OSi. The lowest BCUT2D eigenvalue weighted by Gasteiger charge is -2.28. The Balaban J connectivity index is 2.10. The van der Waals surface area contributed by atoms with Crippen LogP contribution in [0, 0.1) is 0 Å². The van der Waals surface area contributed by atoms with Crippen LogP contribution >= 0.6 is 0 Å². The average Bonchev–Trinajstić information content (AvgIpc) is 2.62. The van der Waals surface area contributed by atoms with Gasteiger partial charge in [0.1, 0.15) is 0 Å². The van der Waals surface area contributed by atoms with E-state index in [2.05, 4.69) is 75.4 Å². The number of fused-ring (bicyclic) bond motifs is 2. The largest absolute Gasteiger partial charge is 0.413 e. The Morgan fingerprint density at radius 2 is 1.22 bits per heavy atom.